The van der Waals surface area contributed by atoms with Crippen LogP contribution < -0.4 is 0 Å². The average Bonchev–Trinajstić information content (AvgIpc) is 2.87. The third-order valence-electron chi connectivity index (χ3n) is 3.48. The topological polar surface area (TPSA) is 84.7 Å². The zero-order chi connectivity index (χ0) is 15.4. The Morgan fingerprint density at radius 1 is 1.62 bits per heavy atom. The highest BCUT2D eigenvalue weighted by Crippen LogP contribution is 2.28. The minimum Gasteiger partial charge on any atom is -0.478 e. The molecule has 0 bridgehead atoms. The van der Waals surface area contributed by atoms with Crippen molar-refractivity contribution in [2.24, 2.45) is 7.05 Å². The minimum atomic E-state index is -0.996. The summed E-state index contributed by atoms with van der Waals surface area (Å²) >= 11 is 0. The largest absolute Gasteiger partial charge is 0.478 e. The van der Waals surface area contributed by atoms with E-state index in [2.05, 4.69) is 11.7 Å². The summed E-state index contributed by atoms with van der Waals surface area (Å²) in [4.78, 5) is 24.7. The van der Waals surface area contributed by atoms with Gasteiger partial charge in [0, 0.05) is 32.3 Å². The normalized spacial score (nSPS) is 18.3. The van der Waals surface area contributed by atoms with Gasteiger partial charge in [0.15, 0.2) is 0 Å². The Labute approximate surface area is 122 Å². The Balaban J connectivity index is 2.12. The molecular formula is C14H19N3O4. The fraction of sp³-hybridized carbons (Fsp3) is 0.500. The van der Waals surface area contributed by atoms with Crippen molar-refractivity contribution in [1.82, 2.24) is 14.7 Å². The van der Waals surface area contributed by atoms with Crippen molar-refractivity contribution in [3.05, 3.63) is 30.1 Å². The number of carboxylic acids is 1. The fourth-order valence-corrected chi connectivity index (χ4v) is 2.56. The van der Waals surface area contributed by atoms with E-state index >= 15 is 0 Å². The van der Waals surface area contributed by atoms with Gasteiger partial charge in [-0.2, -0.15) is 5.10 Å². The van der Waals surface area contributed by atoms with Gasteiger partial charge in [-0.3, -0.25) is 4.68 Å². The Bertz CT molecular complexity index is 552. The number of carbonyl (C=O) groups excluding carboxylic acids is 1. The number of hydrogen-bond donors (Lipinski definition) is 1. The summed E-state index contributed by atoms with van der Waals surface area (Å²) in [6.45, 7) is 4.71. The molecule has 7 nitrogen and oxygen atoms in total. The summed E-state index contributed by atoms with van der Waals surface area (Å²) < 4.78 is 6.52. The van der Waals surface area contributed by atoms with E-state index in [9.17, 15) is 14.7 Å². The number of carboxylic acid groups (broad SMARTS) is 1. The minimum absolute atomic E-state index is 0.0812. The Morgan fingerprint density at radius 2 is 2.38 bits per heavy atom. The number of ether oxygens (including phenoxy) is 1. The number of carbonyl (C=O) groups is 2. The van der Waals surface area contributed by atoms with Crippen molar-refractivity contribution in [2.45, 2.75) is 18.8 Å². The monoisotopic (exact) mass is 293 g/mol. The van der Waals surface area contributed by atoms with E-state index in [1.54, 1.807) is 11.9 Å². The van der Waals surface area contributed by atoms with Gasteiger partial charge in [-0.25, -0.2) is 9.59 Å². The van der Waals surface area contributed by atoms with Gasteiger partial charge >= 0.3 is 12.1 Å². The van der Waals surface area contributed by atoms with Crippen LogP contribution in [0.2, 0.25) is 0 Å². The number of aromatic nitrogens is 2. The number of rotatable bonds is 4. The molecule has 7 heteroatoms. The Morgan fingerprint density at radius 3 is 3.05 bits per heavy atom. The molecule has 21 heavy (non-hydrogen) atoms. The van der Waals surface area contributed by atoms with E-state index in [1.807, 2.05) is 0 Å². The third-order valence-corrected chi connectivity index (χ3v) is 3.48. The molecule has 0 saturated carbocycles. The van der Waals surface area contributed by atoms with Crippen molar-refractivity contribution in [2.75, 3.05) is 19.7 Å². The second-order valence-electron chi connectivity index (χ2n) is 5.06. The molecule has 1 aromatic rings. The molecule has 2 rings (SSSR count). The lowest BCUT2D eigenvalue weighted by Crippen LogP contribution is -2.39. The first-order chi connectivity index (χ1) is 10.0. The maximum Gasteiger partial charge on any atom is 0.410 e. The van der Waals surface area contributed by atoms with Gasteiger partial charge in [0.1, 0.15) is 12.2 Å². The highest BCUT2D eigenvalue weighted by molar-refractivity contribution is 5.88. The molecule has 0 radical (unpaired) electrons. The lowest BCUT2D eigenvalue weighted by atomic mass is 9.93. The second-order valence-corrected chi connectivity index (χ2v) is 5.06. The number of aryl methyl sites for hydroxylation is 1. The van der Waals surface area contributed by atoms with Crippen LogP contribution >= 0.6 is 0 Å². The highest BCUT2D eigenvalue weighted by Gasteiger charge is 2.30. The van der Waals surface area contributed by atoms with Crippen molar-refractivity contribution in [3.63, 3.8) is 0 Å². The van der Waals surface area contributed by atoms with Crippen LogP contribution in [0.5, 0.6) is 0 Å². The predicted octanol–water partition coefficient (Wildman–Crippen LogP) is 1.62. The molecule has 1 aliphatic heterocycles. The first-order valence-electron chi connectivity index (χ1n) is 6.82. The quantitative estimate of drug-likeness (QED) is 0.853. The van der Waals surface area contributed by atoms with Crippen LogP contribution in [0, 0.1) is 0 Å². The molecular weight excluding hydrogens is 274 g/mol. The molecule has 0 aliphatic carbocycles. The van der Waals surface area contributed by atoms with Crippen LogP contribution in [0.15, 0.2) is 18.9 Å². The van der Waals surface area contributed by atoms with E-state index in [1.165, 1.54) is 17.0 Å². The number of aromatic carboxylic acids is 1. The maximum absolute atomic E-state index is 11.9. The predicted molar refractivity (Wildman–Crippen MR) is 75.3 cm³/mol. The van der Waals surface area contributed by atoms with Crippen LogP contribution in [0.25, 0.3) is 0 Å². The van der Waals surface area contributed by atoms with E-state index in [0.29, 0.717) is 18.8 Å². The van der Waals surface area contributed by atoms with Crippen LogP contribution in [0.1, 0.15) is 34.8 Å². The average molecular weight is 293 g/mol. The van der Waals surface area contributed by atoms with E-state index in [4.69, 9.17) is 4.74 Å². The molecule has 1 amide bonds. The lowest BCUT2D eigenvalue weighted by Gasteiger charge is -2.31. The molecule has 1 aliphatic rings. The first kappa shape index (κ1) is 15.1. The number of likely N-dealkylation sites (tertiary alicyclic amines) is 1. The summed E-state index contributed by atoms with van der Waals surface area (Å²) in [5.74, 6) is -1.08. The van der Waals surface area contributed by atoms with Crippen LogP contribution in [0.4, 0.5) is 4.79 Å². The van der Waals surface area contributed by atoms with E-state index in [0.717, 1.165) is 12.8 Å². The summed E-state index contributed by atoms with van der Waals surface area (Å²) in [7, 11) is 1.69. The second kappa shape index (κ2) is 6.43. The maximum atomic E-state index is 11.9. The van der Waals surface area contributed by atoms with Crippen LogP contribution in [0.3, 0.4) is 0 Å². The molecule has 1 N–H and O–H groups in total. The van der Waals surface area contributed by atoms with Crippen molar-refractivity contribution in [3.8, 4) is 0 Å². The third kappa shape index (κ3) is 3.42. The smallest absolute Gasteiger partial charge is 0.410 e. The van der Waals surface area contributed by atoms with E-state index < -0.39 is 12.1 Å². The van der Waals surface area contributed by atoms with Crippen molar-refractivity contribution in [1.29, 1.82) is 0 Å². The van der Waals surface area contributed by atoms with Crippen molar-refractivity contribution >= 4 is 12.1 Å². The number of hydrogen-bond acceptors (Lipinski definition) is 4. The zero-order valence-electron chi connectivity index (χ0n) is 12.0. The SMILES string of the molecule is C=CCOC(=O)N1CCCC(c2nn(C)cc2C(=O)O)C1. The molecule has 0 aromatic carbocycles. The van der Waals surface area contributed by atoms with Gasteiger partial charge in [-0.15, -0.1) is 0 Å². The van der Waals surface area contributed by atoms with Crippen LogP contribution in [-0.4, -0.2) is 51.5 Å². The zero-order valence-corrected chi connectivity index (χ0v) is 12.0. The highest BCUT2D eigenvalue weighted by atomic mass is 16.6. The molecule has 114 valence electrons. The van der Waals surface area contributed by atoms with E-state index in [-0.39, 0.29) is 18.1 Å². The summed E-state index contributed by atoms with van der Waals surface area (Å²) in [6, 6.07) is 0. The van der Waals surface area contributed by atoms with Gasteiger partial charge in [0.05, 0.1) is 5.69 Å². The molecule has 0 spiro atoms. The molecule has 1 aromatic heterocycles. The molecule has 1 unspecified atom stereocenters. The molecule has 1 saturated heterocycles. The van der Waals surface area contributed by atoms with Gasteiger partial charge in [-0.05, 0) is 12.8 Å². The number of piperidine rings is 1. The summed E-state index contributed by atoms with van der Waals surface area (Å²) in [5.41, 5.74) is 0.732. The van der Waals surface area contributed by atoms with Crippen molar-refractivity contribution < 1.29 is 19.4 Å². The van der Waals surface area contributed by atoms with Gasteiger partial charge < -0.3 is 14.7 Å². The Kier molecular flexibility index (Phi) is 4.62. The summed E-state index contributed by atoms with van der Waals surface area (Å²) in [6.07, 6.45) is 4.21. The first-order valence-corrected chi connectivity index (χ1v) is 6.82. The molecule has 2 heterocycles. The molecule has 1 fully saturated rings. The van der Waals surface area contributed by atoms with Gasteiger partial charge in [0.2, 0.25) is 0 Å². The lowest BCUT2D eigenvalue weighted by molar-refractivity contribution is 0.0694. The Hall–Kier alpha value is -2.31. The van der Waals surface area contributed by atoms with Gasteiger partial charge in [0.25, 0.3) is 0 Å². The molecule has 1 atom stereocenters. The van der Waals surface area contributed by atoms with Gasteiger partial charge in [-0.1, -0.05) is 12.7 Å². The van der Waals surface area contributed by atoms with Crippen LogP contribution in [-0.2, 0) is 11.8 Å². The summed E-state index contributed by atoms with van der Waals surface area (Å²) in [5, 5.41) is 13.5. The standard InChI is InChI=1S/C14H19N3O4/c1-3-7-21-14(20)17-6-4-5-10(8-17)12-11(13(18)19)9-16(2)15-12/h3,9-10H,1,4-8H2,2H3,(H,18,19). The number of nitrogens with zero attached hydrogens (tertiary/aromatic N) is 3. The number of amides is 1. The fourth-order valence-electron chi connectivity index (χ4n) is 2.56.